The topological polar surface area (TPSA) is 0 Å². The Labute approximate surface area is 102 Å². The van der Waals surface area contributed by atoms with Crippen molar-refractivity contribution in [2.45, 2.75) is 5.88 Å². The normalized spacial score (nSPS) is 10.6. The van der Waals surface area contributed by atoms with Gasteiger partial charge < -0.3 is 0 Å². The molecule has 17 heavy (non-hydrogen) atoms. The molecule has 0 bridgehead atoms. The summed E-state index contributed by atoms with van der Waals surface area (Å²) in [4.78, 5) is 0. The second kappa shape index (κ2) is 4.80. The van der Waals surface area contributed by atoms with Gasteiger partial charge in [0.1, 0.15) is 17.5 Å². The monoisotopic (exact) mass is 256 g/mol. The maximum atomic E-state index is 13.6. The van der Waals surface area contributed by atoms with E-state index >= 15 is 0 Å². The molecule has 2 aromatic rings. The van der Waals surface area contributed by atoms with Crippen molar-refractivity contribution in [2.75, 3.05) is 0 Å². The van der Waals surface area contributed by atoms with Crippen molar-refractivity contribution in [3.05, 3.63) is 59.4 Å². The minimum Gasteiger partial charge on any atom is -0.207 e. The second-order valence-corrected chi connectivity index (χ2v) is 3.87. The zero-order valence-electron chi connectivity index (χ0n) is 8.68. The van der Waals surface area contributed by atoms with Crippen LogP contribution in [-0.2, 0) is 5.88 Å². The van der Waals surface area contributed by atoms with Crippen molar-refractivity contribution in [3.8, 4) is 11.1 Å². The van der Waals surface area contributed by atoms with E-state index in [9.17, 15) is 13.2 Å². The van der Waals surface area contributed by atoms with Crippen LogP contribution >= 0.6 is 11.6 Å². The number of benzene rings is 2. The number of rotatable bonds is 2. The van der Waals surface area contributed by atoms with Gasteiger partial charge in [-0.3, -0.25) is 0 Å². The minimum absolute atomic E-state index is 0.140. The summed E-state index contributed by atoms with van der Waals surface area (Å²) < 4.78 is 39.6. The molecule has 0 saturated carbocycles. The molecule has 2 aromatic carbocycles. The van der Waals surface area contributed by atoms with Crippen LogP contribution < -0.4 is 0 Å². The summed E-state index contributed by atoms with van der Waals surface area (Å²) in [7, 11) is 0. The fourth-order valence-electron chi connectivity index (χ4n) is 1.59. The average Bonchev–Trinajstić information content (AvgIpc) is 2.28. The van der Waals surface area contributed by atoms with Crippen molar-refractivity contribution in [1.29, 1.82) is 0 Å². The number of halogens is 4. The molecule has 0 saturated heterocycles. The van der Waals surface area contributed by atoms with Crippen LogP contribution in [0.15, 0.2) is 36.4 Å². The van der Waals surface area contributed by atoms with Crippen LogP contribution in [0.2, 0.25) is 0 Å². The lowest BCUT2D eigenvalue weighted by Crippen LogP contribution is -1.90. The molecule has 0 amide bonds. The predicted octanol–water partition coefficient (Wildman–Crippen LogP) is 4.51. The standard InChI is InChI=1S/C13H8ClF3/c14-7-8-1-2-13(17)12(3-8)9-4-10(15)6-11(16)5-9/h1-6H,7H2. The van der Waals surface area contributed by atoms with Gasteiger partial charge in [0.25, 0.3) is 0 Å². The number of hydrogen-bond donors (Lipinski definition) is 0. The van der Waals surface area contributed by atoms with Gasteiger partial charge in [0.05, 0.1) is 0 Å². The molecule has 4 heteroatoms. The first-order valence-corrected chi connectivity index (χ1v) is 5.44. The molecule has 0 nitrogen and oxygen atoms in total. The quantitative estimate of drug-likeness (QED) is 0.694. The van der Waals surface area contributed by atoms with Gasteiger partial charge in [0, 0.05) is 17.5 Å². The molecule has 88 valence electrons. The lowest BCUT2D eigenvalue weighted by molar-refractivity contribution is 0.583. The molecule has 0 heterocycles. The first kappa shape index (κ1) is 12.0. The summed E-state index contributed by atoms with van der Waals surface area (Å²) in [6.07, 6.45) is 0. The number of alkyl halides is 1. The Hall–Kier alpha value is -1.48. The first-order chi connectivity index (χ1) is 8.10. The van der Waals surface area contributed by atoms with Crippen LogP contribution in [0.25, 0.3) is 11.1 Å². The fraction of sp³-hybridized carbons (Fsp3) is 0.0769. The Bertz CT molecular complexity index is 532. The molecule has 0 aliphatic carbocycles. The summed E-state index contributed by atoms with van der Waals surface area (Å²) in [5.41, 5.74) is 0.987. The first-order valence-electron chi connectivity index (χ1n) is 4.91. The van der Waals surface area contributed by atoms with E-state index in [0.29, 0.717) is 5.56 Å². The summed E-state index contributed by atoms with van der Waals surface area (Å²) in [5.74, 6) is -1.80. The predicted molar refractivity (Wildman–Crippen MR) is 61.3 cm³/mol. The maximum Gasteiger partial charge on any atom is 0.131 e. The summed E-state index contributed by atoms with van der Waals surface area (Å²) >= 11 is 5.63. The highest BCUT2D eigenvalue weighted by molar-refractivity contribution is 6.17. The van der Waals surface area contributed by atoms with Crippen molar-refractivity contribution in [3.63, 3.8) is 0 Å². The Kier molecular flexibility index (Phi) is 3.38. The maximum absolute atomic E-state index is 13.6. The van der Waals surface area contributed by atoms with Crippen LogP contribution in [0.3, 0.4) is 0 Å². The SMILES string of the molecule is Fc1cc(F)cc(-c2cc(CCl)ccc2F)c1. The Morgan fingerprint density at radius 2 is 1.53 bits per heavy atom. The van der Waals surface area contributed by atoms with Crippen LogP contribution in [-0.4, -0.2) is 0 Å². The van der Waals surface area contributed by atoms with E-state index < -0.39 is 17.5 Å². The third-order valence-corrected chi connectivity index (χ3v) is 2.67. The zero-order chi connectivity index (χ0) is 12.4. The lowest BCUT2D eigenvalue weighted by Gasteiger charge is -2.06. The van der Waals surface area contributed by atoms with E-state index in [-0.39, 0.29) is 17.0 Å². The Morgan fingerprint density at radius 1 is 0.882 bits per heavy atom. The second-order valence-electron chi connectivity index (χ2n) is 3.61. The van der Waals surface area contributed by atoms with E-state index in [1.54, 1.807) is 0 Å². The van der Waals surface area contributed by atoms with Crippen LogP contribution in [0.4, 0.5) is 13.2 Å². The molecule has 0 atom stereocenters. The molecule has 0 N–H and O–H groups in total. The molecule has 0 aliphatic heterocycles. The molecule has 0 fully saturated rings. The van der Waals surface area contributed by atoms with Gasteiger partial charge in [-0.15, -0.1) is 11.6 Å². The third-order valence-electron chi connectivity index (χ3n) is 2.36. The largest absolute Gasteiger partial charge is 0.207 e. The molecule has 0 aliphatic rings. The van der Waals surface area contributed by atoms with Crippen molar-refractivity contribution in [1.82, 2.24) is 0 Å². The van der Waals surface area contributed by atoms with Gasteiger partial charge in [-0.05, 0) is 35.4 Å². The van der Waals surface area contributed by atoms with Crippen LogP contribution in [0.5, 0.6) is 0 Å². The van der Waals surface area contributed by atoms with Crippen molar-refractivity contribution in [2.24, 2.45) is 0 Å². The lowest BCUT2D eigenvalue weighted by atomic mass is 10.0. The van der Waals surface area contributed by atoms with Crippen LogP contribution in [0.1, 0.15) is 5.56 Å². The summed E-state index contributed by atoms with van der Waals surface area (Å²) in [6.45, 7) is 0. The van der Waals surface area contributed by atoms with Crippen LogP contribution in [0, 0.1) is 17.5 Å². The zero-order valence-corrected chi connectivity index (χ0v) is 9.44. The molecule has 2 rings (SSSR count). The highest BCUT2D eigenvalue weighted by Gasteiger charge is 2.09. The Balaban J connectivity index is 2.58. The van der Waals surface area contributed by atoms with E-state index in [0.717, 1.165) is 18.2 Å². The molecule has 0 unspecified atom stereocenters. The van der Waals surface area contributed by atoms with Gasteiger partial charge in [0.15, 0.2) is 0 Å². The smallest absolute Gasteiger partial charge is 0.131 e. The van der Waals surface area contributed by atoms with Crippen molar-refractivity contribution >= 4 is 11.6 Å². The average molecular weight is 257 g/mol. The molecule has 0 spiro atoms. The van der Waals surface area contributed by atoms with E-state index in [4.69, 9.17) is 11.6 Å². The van der Waals surface area contributed by atoms with Gasteiger partial charge in [-0.2, -0.15) is 0 Å². The fourth-order valence-corrected chi connectivity index (χ4v) is 1.75. The van der Waals surface area contributed by atoms with Crippen molar-refractivity contribution < 1.29 is 13.2 Å². The molecule has 0 aromatic heterocycles. The van der Waals surface area contributed by atoms with Gasteiger partial charge in [0.2, 0.25) is 0 Å². The van der Waals surface area contributed by atoms with Gasteiger partial charge >= 0.3 is 0 Å². The van der Waals surface area contributed by atoms with E-state index in [1.165, 1.54) is 18.2 Å². The van der Waals surface area contributed by atoms with E-state index in [2.05, 4.69) is 0 Å². The number of hydrogen-bond acceptors (Lipinski definition) is 0. The van der Waals surface area contributed by atoms with E-state index in [1.807, 2.05) is 0 Å². The van der Waals surface area contributed by atoms with Gasteiger partial charge in [-0.25, -0.2) is 13.2 Å². The third kappa shape index (κ3) is 2.61. The summed E-state index contributed by atoms with van der Waals surface area (Å²) in [6, 6.07) is 7.15. The molecular weight excluding hydrogens is 249 g/mol. The van der Waals surface area contributed by atoms with Gasteiger partial charge in [-0.1, -0.05) is 6.07 Å². The molecule has 0 radical (unpaired) electrons. The minimum atomic E-state index is -0.740. The Morgan fingerprint density at radius 3 is 2.12 bits per heavy atom. The summed E-state index contributed by atoms with van der Waals surface area (Å²) in [5, 5.41) is 0. The highest BCUT2D eigenvalue weighted by atomic mass is 35.5. The molecular formula is C13H8ClF3. The highest BCUT2D eigenvalue weighted by Crippen LogP contribution is 2.26.